The van der Waals surface area contributed by atoms with E-state index in [2.05, 4.69) is 45.4 Å². The standard InChI is InChI=1S/C20H30ClN3O3SSi/c1-7-8-26-19(25)23-12-15(27-29(5,6)20(2,3)4)9-14(23)10-16-13-24-17(28-16)11-22-18(24)21/h7,11,13-15H,1,8-10,12H2,2-6H3/t14-,15+/m0/s1. The first-order valence-corrected chi connectivity index (χ1v) is 14.0. The monoisotopic (exact) mass is 455 g/mol. The number of carbonyl (C=O) groups excluding carboxylic acids is 1. The highest BCUT2D eigenvalue weighted by atomic mass is 35.5. The van der Waals surface area contributed by atoms with E-state index in [0.29, 0.717) is 11.8 Å². The lowest BCUT2D eigenvalue weighted by Crippen LogP contribution is -2.44. The Hall–Kier alpha value is -1.35. The third-order valence-corrected chi connectivity index (χ3v) is 11.7. The van der Waals surface area contributed by atoms with Crippen molar-refractivity contribution in [2.24, 2.45) is 0 Å². The Bertz CT molecular complexity index is 889. The van der Waals surface area contributed by atoms with E-state index in [-0.39, 0.29) is 29.9 Å². The van der Waals surface area contributed by atoms with Crippen LogP contribution in [0.1, 0.15) is 32.1 Å². The Kier molecular flexibility index (Phi) is 6.48. The summed E-state index contributed by atoms with van der Waals surface area (Å²) in [6, 6.07) is 0.0252. The van der Waals surface area contributed by atoms with Gasteiger partial charge in [0.05, 0.1) is 12.3 Å². The van der Waals surface area contributed by atoms with Crippen LogP contribution in [0.25, 0.3) is 4.83 Å². The van der Waals surface area contributed by atoms with Crippen LogP contribution in [0, 0.1) is 0 Å². The van der Waals surface area contributed by atoms with Crippen molar-refractivity contribution in [3.05, 3.63) is 35.2 Å². The lowest BCUT2D eigenvalue weighted by Gasteiger charge is -2.38. The van der Waals surface area contributed by atoms with E-state index in [4.69, 9.17) is 20.8 Å². The molecule has 160 valence electrons. The van der Waals surface area contributed by atoms with Crippen molar-refractivity contribution >= 4 is 42.2 Å². The van der Waals surface area contributed by atoms with Gasteiger partial charge in [0, 0.05) is 30.1 Å². The van der Waals surface area contributed by atoms with Crippen LogP contribution in [-0.4, -0.2) is 54.0 Å². The van der Waals surface area contributed by atoms with Gasteiger partial charge in [-0.25, -0.2) is 9.78 Å². The summed E-state index contributed by atoms with van der Waals surface area (Å²) >= 11 is 7.77. The zero-order valence-corrected chi connectivity index (χ0v) is 20.3. The normalized spacial score (nSPS) is 20.4. The fourth-order valence-corrected chi connectivity index (χ4v) is 5.97. The van der Waals surface area contributed by atoms with E-state index in [9.17, 15) is 4.79 Å². The number of ether oxygens (including phenoxy) is 1. The maximum atomic E-state index is 12.7. The molecule has 0 N–H and O–H groups in total. The molecule has 2 atom stereocenters. The fourth-order valence-electron chi connectivity index (χ4n) is 3.33. The Morgan fingerprint density at radius 3 is 2.83 bits per heavy atom. The molecule has 0 radical (unpaired) electrons. The largest absolute Gasteiger partial charge is 0.445 e. The van der Waals surface area contributed by atoms with Crippen LogP contribution < -0.4 is 0 Å². The summed E-state index contributed by atoms with van der Waals surface area (Å²) in [4.78, 5) is 20.7. The van der Waals surface area contributed by atoms with Gasteiger partial charge in [-0.3, -0.25) is 4.40 Å². The Morgan fingerprint density at radius 1 is 1.48 bits per heavy atom. The van der Waals surface area contributed by atoms with E-state index in [1.54, 1.807) is 23.6 Å². The SMILES string of the molecule is C=CCOC(=O)N1C[C@H](O[Si](C)(C)C(C)(C)C)C[C@H]1Cc1cn2c(Cl)ncc2s1. The quantitative estimate of drug-likeness (QED) is 0.433. The number of likely N-dealkylation sites (tertiary alicyclic amines) is 1. The summed E-state index contributed by atoms with van der Waals surface area (Å²) in [7, 11) is -1.93. The van der Waals surface area contributed by atoms with Crippen molar-refractivity contribution in [3.8, 4) is 0 Å². The molecular formula is C20H30ClN3O3SSi. The molecule has 6 nitrogen and oxygen atoms in total. The fraction of sp³-hybridized carbons (Fsp3) is 0.600. The number of hydrogen-bond donors (Lipinski definition) is 0. The number of fused-ring (bicyclic) bond motifs is 1. The molecular weight excluding hydrogens is 426 g/mol. The van der Waals surface area contributed by atoms with Crippen LogP contribution >= 0.6 is 22.9 Å². The number of carbonyl (C=O) groups is 1. The van der Waals surface area contributed by atoms with Gasteiger partial charge in [-0.2, -0.15) is 0 Å². The molecule has 0 bridgehead atoms. The number of halogens is 1. The molecule has 0 aliphatic carbocycles. The van der Waals surface area contributed by atoms with Crippen LogP contribution in [0.2, 0.25) is 23.4 Å². The number of rotatable bonds is 6. The summed E-state index contributed by atoms with van der Waals surface area (Å²) in [5.41, 5.74) is 0. The molecule has 2 aromatic rings. The third kappa shape index (κ3) is 4.87. The third-order valence-electron chi connectivity index (χ3n) is 5.87. The summed E-state index contributed by atoms with van der Waals surface area (Å²) in [6.07, 6.45) is 6.62. The number of thiazole rings is 1. The molecule has 0 aromatic carbocycles. The van der Waals surface area contributed by atoms with Crippen LogP contribution in [0.15, 0.2) is 25.0 Å². The first kappa shape index (κ1) is 22.3. The molecule has 1 amide bonds. The van der Waals surface area contributed by atoms with E-state index in [1.165, 1.54) is 0 Å². The average molecular weight is 456 g/mol. The van der Waals surface area contributed by atoms with Gasteiger partial charge in [0.15, 0.2) is 8.32 Å². The van der Waals surface area contributed by atoms with Crippen LogP contribution in [0.3, 0.4) is 0 Å². The van der Waals surface area contributed by atoms with E-state index in [0.717, 1.165) is 22.5 Å². The number of amides is 1. The predicted molar refractivity (Wildman–Crippen MR) is 121 cm³/mol. The van der Waals surface area contributed by atoms with Crippen molar-refractivity contribution < 1.29 is 14.0 Å². The lowest BCUT2D eigenvalue weighted by molar-refractivity contribution is 0.103. The molecule has 3 heterocycles. The second kappa shape index (κ2) is 8.41. The first-order chi connectivity index (χ1) is 13.5. The molecule has 1 saturated heterocycles. The highest BCUT2D eigenvalue weighted by Gasteiger charge is 2.44. The molecule has 29 heavy (non-hydrogen) atoms. The second-order valence-corrected chi connectivity index (χ2v) is 15.3. The molecule has 1 fully saturated rings. The maximum absolute atomic E-state index is 12.7. The number of nitrogens with zero attached hydrogens (tertiary/aromatic N) is 3. The summed E-state index contributed by atoms with van der Waals surface area (Å²) in [5, 5.41) is 0.575. The number of aromatic nitrogens is 2. The second-order valence-electron chi connectivity index (χ2n) is 9.04. The zero-order valence-electron chi connectivity index (χ0n) is 17.8. The van der Waals surface area contributed by atoms with Gasteiger partial charge in [-0.1, -0.05) is 33.4 Å². The van der Waals surface area contributed by atoms with Gasteiger partial charge < -0.3 is 14.1 Å². The van der Waals surface area contributed by atoms with Gasteiger partial charge in [0.2, 0.25) is 5.28 Å². The highest BCUT2D eigenvalue weighted by Crippen LogP contribution is 2.39. The zero-order chi connectivity index (χ0) is 21.4. The van der Waals surface area contributed by atoms with Gasteiger partial charge in [-0.05, 0) is 36.2 Å². The highest BCUT2D eigenvalue weighted by molar-refractivity contribution is 7.17. The minimum Gasteiger partial charge on any atom is -0.445 e. The van der Waals surface area contributed by atoms with Crippen molar-refractivity contribution in [1.29, 1.82) is 0 Å². The summed E-state index contributed by atoms with van der Waals surface area (Å²) in [5.74, 6) is 0. The molecule has 1 aliphatic heterocycles. The summed E-state index contributed by atoms with van der Waals surface area (Å²) in [6.45, 7) is 15.6. The maximum Gasteiger partial charge on any atom is 0.410 e. The van der Waals surface area contributed by atoms with Gasteiger partial charge in [0.25, 0.3) is 0 Å². The van der Waals surface area contributed by atoms with Crippen molar-refractivity contribution in [3.63, 3.8) is 0 Å². The number of imidazole rings is 1. The smallest absolute Gasteiger partial charge is 0.410 e. The van der Waals surface area contributed by atoms with Gasteiger partial charge in [0.1, 0.15) is 11.4 Å². The Morgan fingerprint density at radius 2 is 2.21 bits per heavy atom. The average Bonchev–Trinajstić information content (AvgIpc) is 3.28. The van der Waals surface area contributed by atoms with Crippen LogP contribution in [-0.2, 0) is 15.6 Å². The molecule has 1 aliphatic rings. The lowest BCUT2D eigenvalue weighted by atomic mass is 10.1. The van der Waals surface area contributed by atoms with E-state index >= 15 is 0 Å². The van der Waals surface area contributed by atoms with Crippen molar-refractivity contribution in [1.82, 2.24) is 14.3 Å². The summed E-state index contributed by atoms with van der Waals surface area (Å²) < 4.78 is 13.8. The van der Waals surface area contributed by atoms with Crippen LogP contribution in [0.5, 0.6) is 0 Å². The molecule has 0 unspecified atom stereocenters. The van der Waals surface area contributed by atoms with Crippen molar-refractivity contribution in [2.75, 3.05) is 13.2 Å². The van der Waals surface area contributed by atoms with Gasteiger partial charge in [-0.15, -0.1) is 11.3 Å². The Labute approximate surface area is 182 Å². The van der Waals surface area contributed by atoms with E-state index in [1.807, 2.05) is 15.5 Å². The van der Waals surface area contributed by atoms with E-state index < -0.39 is 8.32 Å². The number of hydrogen-bond acceptors (Lipinski definition) is 5. The minimum absolute atomic E-state index is 0.0216. The first-order valence-electron chi connectivity index (χ1n) is 9.85. The molecule has 2 aromatic heterocycles. The Balaban J connectivity index is 1.77. The molecule has 9 heteroatoms. The predicted octanol–water partition coefficient (Wildman–Crippen LogP) is 5.38. The molecule has 3 rings (SSSR count). The van der Waals surface area contributed by atoms with Crippen LogP contribution in [0.4, 0.5) is 4.79 Å². The molecule has 0 saturated carbocycles. The molecule has 0 spiro atoms. The van der Waals surface area contributed by atoms with Crippen molar-refractivity contribution in [2.45, 2.75) is 63.9 Å². The minimum atomic E-state index is -1.93. The topological polar surface area (TPSA) is 56.1 Å². The van der Waals surface area contributed by atoms with Gasteiger partial charge >= 0.3 is 6.09 Å².